The zero-order valence-electron chi connectivity index (χ0n) is 20.5. The van der Waals surface area contributed by atoms with Crippen LogP contribution < -0.4 is 14.8 Å². The van der Waals surface area contributed by atoms with Gasteiger partial charge in [0, 0.05) is 41.3 Å². The number of pyridine rings is 1. The number of ether oxygens (including phenoxy) is 3. The number of methoxy groups -OCH3 is 1. The number of carbonyl (C=O) groups excluding carboxylic acids is 2. The van der Waals surface area contributed by atoms with Gasteiger partial charge in [-0.2, -0.15) is 0 Å². The third kappa shape index (κ3) is 6.01. The number of benzene rings is 1. The molecule has 0 atom stereocenters. The third-order valence-electron chi connectivity index (χ3n) is 5.74. The Balaban J connectivity index is 1.61. The van der Waals surface area contributed by atoms with Gasteiger partial charge in [-0.15, -0.1) is 0 Å². The molecule has 1 fully saturated rings. The summed E-state index contributed by atoms with van der Waals surface area (Å²) >= 11 is 0. The highest BCUT2D eigenvalue weighted by Crippen LogP contribution is 2.35. The number of rotatable bonds is 5. The molecule has 8 heteroatoms. The lowest BCUT2D eigenvalue weighted by molar-refractivity contribution is 0.0540. The third-order valence-corrected chi connectivity index (χ3v) is 5.74. The van der Waals surface area contributed by atoms with Crippen LogP contribution in [0, 0.1) is 0 Å². The average Bonchev–Trinajstić information content (AvgIpc) is 3.50. The maximum atomic E-state index is 12.7. The summed E-state index contributed by atoms with van der Waals surface area (Å²) < 4.78 is 18.1. The highest BCUT2D eigenvalue weighted by atomic mass is 16.6. The van der Waals surface area contributed by atoms with Crippen LogP contribution in [-0.2, 0) is 4.74 Å². The fourth-order valence-corrected chi connectivity index (χ4v) is 4.16. The molecule has 8 nitrogen and oxygen atoms in total. The minimum absolute atomic E-state index is 0.169. The summed E-state index contributed by atoms with van der Waals surface area (Å²) in [6.07, 6.45) is 8.31. The zero-order valence-corrected chi connectivity index (χ0v) is 20.5. The number of nitrogens with zero attached hydrogens (tertiary/aromatic N) is 2. The van der Waals surface area contributed by atoms with E-state index in [2.05, 4.69) is 10.3 Å². The minimum atomic E-state index is -0.615. The van der Waals surface area contributed by atoms with Crippen LogP contribution in [0.3, 0.4) is 0 Å². The Kier molecular flexibility index (Phi) is 7.10. The lowest BCUT2D eigenvalue weighted by Crippen LogP contribution is -2.34. The van der Waals surface area contributed by atoms with Crippen molar-refractivity contribution in [3.05, 3.63) is 55.0 Å². The quantitative estimate of drug-likeness (QED) is 0.482. The number of carbonyl (C=O) groups is 2. The van der Waals surface area contributed by atoms with Crippen LogP contribution in [0.4, 0.5) is 9.59 Å². The molecule has 1 aliphatic carbocycles. The number of amides is 1. The van der Waals surface area contributed by atoms with Gasteiger partial charge in [-0.1, -0.05) is 12.8 Å². The van der Waals surface area contributed by atoms with Gasteiger partial charge in [0.15, 0.2) is 0 Å². The molecule has 1 aromatic carbocycles. The molecule has 0 saturated heterocycles. The molecule has 1 aliphatic rings. The first-order valence-corrected chi connectivity index (χ1v) is 11.8. The molecule has 1 amide bonds. The van der Waals surface area contributed by atoms with Crippen molar-refractivity contribution in [2.45, 2.75) is 58.1 Å². The van der Waals surface area contributed by atoms with E-state index in [4.69, 9.17) is 14.2 Å². The van der Waals surface area contributed by atoms with Gasteiger partial charge in [0.2, 0.25) is 0 Å². The maximum absolute atomic E-state index is 12.7. The summed E-state index contributed by atoms with van der Waals surface area (Å²) in [5.74, 6) is 1.01. The van der Waals surface area contributed by atoms with Crippen molar-refractivity contribution >= 4 is 12.2 Å². The van der Waals surface area contributed by atoms with Gasteiger partial charge in [-0.3, -0.25) is 9.55 Å². The normalized spacial score (nSPS) is 13.9. The Morgan fingerprint density at radius 2 is 1.80 bits per heavy atom. The van der Waals surface area contributed by atoms with Crippen molar-refractivity contribution in [1.29, 1.82) is 0 Å². The predicted molar refractivity (Wildman–Crippen MR) is 133 cm³/mol. The Morgan fingerprint density at radius 3 is 2.51 bits per heavy atom. The van der Waals surface area contributed by atoms with E-state index in [0.29, 0.717) is 22.8 Å². The Bertz CT molecular complexity index is 1210. The van der Waals surface area contributed by atoms with Crippen LogP contribution in [0.1, 0.15) is 46.5 Å². The van der Waals surface area contributed by atoms with E-state index < -0.39 is 17.8 Å². The Hall–Kier alpha value is -3.81. The summed E-state index contributed by atoms with van der Waals surface area (Å²) in [5, 5.41) is 2.92. The molecule has 4 rings (SSSR count). The smallest absolute Gasteiger partial charge is 0.418 e. The summed E-state index contributed by atoms with van der Waals surface area (Å²) in [4.78, 5) is 29.4. The zero-order chi connectivity index (χ0) is 25.0. The summed E-state index contributed by atoms with van der Waals surface area (Å²) in [7, 11) is 1.58. The second-order valence-electron chi connectivity index (χ2n) is 9.58. The van der Waals surface area contributed by atoms with Crippen LogP contribution in [0.5, 0.6) is 11.5 Å². The first-order valence-electron chi connectivity index (χ1n) is 11.8. The summed E-state index contributed by atoms with van der Waals surface area (Å²) in [6.45, 7) is 5.48. The fourth-order valence-electron chi connectivity index (χ4n) is 4.16. The van der Waals surface area contributed by atoms with E-state index in [-0.39, 0.29) is 6.04 Å². The topological polar surface area (TPSA) is 91.7 Å². The highest BCUT2D eigenvalue weighted by Gasteiger charge is 2.21. The molecular formula is C27H31N3O5. The lowest BCUT2D eigenvalue weighted by Gasteiger charge is -2.20. The van der Waals surface area contributed by atoms with Crippen molar-refractivity contribution in [2.24, 2.45) is 0 Å². The van der Waals surface area contributed by atoms with Crippen LogP contribution in [0.15, 0.2) is 55.0 Å². The molecule has 35 heavy (non-hydrogen) atoms. The maximum Gasteiger partial charge on any atom is 0.418 e. The van der Waals surface area contributed by atoms with Crippen molar-refractivity contribution < 1.29 is 23.8 Å². The molecule has 1 saturated carbocycles. The molecule has 0 bridgehead atoms. The minimum Gasteiger partial charge on any atom is -0.496 e. The van der Waals surface area contributed by atoms with E-state index in [1.807, 2.05) is 32.9 Å². The van der Waals surface area contributed by atoms with E-state index >= 15 is 0 Å². The van der Waals surface area contributed by atoms with Crippen molar-refractivity contribution in [3.63, 3.8) is 0 Å². The second kappa shape index (κ2) is 10.2. The SMILES string of the molecule is COc1ccc(OC(=O)NC2CCCC2)cc1-c1cncc(-c2cccn2C(=O)OC(C)(C)C)c1. The highest BCUT2D eigenvalue weighted by molar-refractivity contribution is 5.81. The fraction of sp³-hybridized carbons (Fsp3) is 0.370. The standard InChI is InChI=1S/C27H31N3O5/c1-27(2,3)35-26(32)30-13-7-10-23(30)19-14-18(16-28-17-19)22-15-21(11-12-24(22)33-4)34-25(31)29-20-8-5-6-9-20/h7,10-17,20H,5-6,8-9H2,1-4H3,(H,29,31). The molecule has 0 spiro atoms. The number of aromatic nitrogens is 2. The Morgan fingerprint density at radius 1 is 1.06 bits per heavy atom. The second-order valence-corrected chi connectivity index (χ2v) is 9.58. The molecule has 2 aromatic heterocycles. The van der Waals surface area contributed by atoms with Gasteiger partial charge in [-0.25, -0.2) is 9.59 Å². The van der Waals surface area contributed by atoms with Gasteiger partial charge < -0.3 is 19.5 Å². The van der Waals surface area contributed by atoms with E-state index in [0.717, 1.165) is 36.8 Å². The molecule has 0 radical (unpaired) electrons. The van der Waals surface area contributed by atoms with Gasteiger partial charge >= 0.3 is 12.2 Å². The molecule has 3 aromatic rings. The molecule has 0 unspecified atom stereocenters. The predicted octanol–water partition coefficient (Wildman–Crippen LogP) is 6.04. The largest absolute Gasteiger partial charge is 0.496 e. The Labute approximate surface area is 205 Å². The van der Waals surface area contributed by atoms with Crippen LogP contribution >= 0.6 is 0 Å². The average molecular weight is 478 g/mol. The first-order chi connectivity index (χ1) is 16.7. The van der Waals surface area contributed by atoms with Crippen molar-refractivity contribution in [3.8, 4) is 33.9 Å². The molecule has 0 aliphatic heterocycles. The number of nitrogens with one attached hydrogen (secondary N) is 1. The summed E-state index contributed by atoms with van der Waals surface area (Å²) in [5.41, 5.74) is 2.22. The monoisotopic (exact) mass is 477 g/mol. The molecular weight excluding hydrogens is 446 g/mol. The van der Waals surface area contributed by atoms with E-state index in [1.165, 1.54) is 4.57 Å². The van der Waals surface area contributed by atoms with Crippen LogP contribution in [0.25, 0.3) is 22.4 Å². The summed E-state index contributed by atoms with van der Waals surface area (Å²) in [6, 6.07) is 10.9. The molecule has 184 valence electrons. The van der Waals surface area contributed by atoms with Gasteiger partial charge in [0.25, 0.3) is 0 Å². The van der Waals surface area contributed by atoms with E-state index in [1.54, 1.807) is 50.0 Å². The lowest BCUT2D eigenvalue weighted by atomic mass is 10.0. The number of hydrogen-bond donors (Lipinski definition) is 1. The number of hydrogen-bond acceptors (Lipinski definition) is 6. The molecule has 2 heterocycles. The van der Waals surface area contributed by atoms with Crippen LogP contribution in [0.2, 0.25) is 0 Å². The van der Waals surface area contributed by atoms with Crippen molar-refractivity contribution in [1.82, 2.24) is 14.9 Å². The first kappa shape index (κ1) is 24.3. The van der Waals surface area contributed by atoms with Crippen molar-refractivity contribution in [2.75, 3.05) is 7.11 Å². The molecule has 1 N–H and O–H groups in total. The van der Waals surface area contributed by atoms with Gasteiger partial charge in [0.05, 0.1) is 12.8 Å². The van der Waals surface area contributed by atoms with E-state index in [9.17, 15) is 9.59 Å². The van der Waals surface area contributed by atoms with Gasteiger partial charge in [0.1, 0.15) is 17.1 Å². The van der Waals surface area contributed by atoms with Gasteiger partial charge in [-0.05, 0) is 70.0 Å². The van der Waals surface area contributed by atoms with Crippen LogP contribution in [-0.4, -0.2) is 40.5 Å².